The molecule has 3 nitrogen and oxygen atoms in total. The standard InChI is InChI=1S/C14H20O3/c1-10(11(2)14(15)16)12(3)17-9-13-7-5-4-6-8-13/h4-8,10-12H,9H2,1-3H3,(H,15,16)/t10?,11-,12+/m1/s1. The van der Waals surface area contributed by atoms with Crippen molar-refractivity contribution in [3.05, 3.63) is 35.9 Å². The molecule has 1 rings (SSSR count). The van der Waals surface area contributed by atoms with E-state index < -0.39 is 5.97 Å². The quantitative estimate of drug-likeness (QED) is 0.826. The summed E-state index contributed by atoms with van der Waals surface area (Å²) < 4.78 is 5.70. The number of rotatable bonds is 6. The van der Waals surface area contributed by atoms with Crippen LogP contribution in [0.4, 0.5) is 0 Å². The Balaban J connectivity index is 2.44. The first-order valence-corrected chi connectivity index (χ1v) is 5.90. The molecule has 0 aromatic heterocycles. The Bertz CT molecular complexity index is 348. The van der Waals surface area contributed by atoms with E-state index in [0.717, 1.165) is 5.56 Å². The van der Waals surface area contributed by atoms with Gasteiger partial charge in [-0.3, -0.25) is 4.79 Å². The van der Waals surface area contributed by atoms with Gasteiger partial charge in [0.05, 0.1) is 18.6 Å². The zero-order chi connectivity index (χ0) is 12.8. The Kier molecular flexibility index (Phi) is 5.16. The van der Waals surface area contributed by atoms with Crippen molar-refractivity contribution in [3.8, 4) is 0 Å². The van der Waals surface area contributed by atoms with Gasteiger partial charge in [-0.1, -0.05) is 44.2 Å². The molecule has 0 saturated carbocycles. The molecule has 0 heterocycles. The maximum absolute atomic E-state index is 10.9. The molecule has 94 valence electrons. The maximum atomic E-state index is 10.9. The van der Waals surface area contributed by atoms with E-state index in [0.29, 0.717) is 6.61 Å². The highest BCUT2D eigenvalue weighted by Crippen LogP contribution is 2.19. The lowest BCUT2D eigenvalue weighted by Crippen LogP contribution is -2.28. The normalized spacial score (nSPS) is 16.2. The largest absolute Gasteiger partial charge is 0.481 e. The summed E-state index contributed by atoms with van der Waals surface area (Å²) in [6.45, 7) is 6.08. The lowest BCUT2D eigenvalue weighted by atomic mass is 9.91. The van der Waals surface area contributed by atoms with Crippen LogP contribution in [-0.4, -0.2) is 17.2 Å². The van der Waals surface area contributed by atoms with Gasteiger partial charge in [0.25, 0.3) is 0 Å². The third-order valence-electron chi connectivity index (χ3n) is 3.27. The molecule has 0 bridgehead atoms. The van der Waals surface area contributed by atoms with Crippen LogP contribution in [-0.2, 0) is 16.1 Å². The summed E-state index contributed by atoms with van der Waals surface area (Å²) in [5, 5.41) is 8.93. The fourth-order valence-electron chi connectivity index (χ4n) is 1.59. The molecule has 0 aliphatic rings. The summed E-state index contributed by atoms with van der Waals surface area (Å²) in [7, 11) is 0. The summed E-state index contributed by atoms with van der Waals surface area (Å²) in [6.07, 6.45) is -0.0682. The topological polar surface area (TPSA) is 46.5 Å². The van der Waals surface area contributed by atoms with Crippen molar-refractivity contribution >= 4 is 5.97 Å². The molecule has 0 amide bonds. The van der Waals surface area contributed by atoms with E-state index in [-0.39, 0.29) is 17.9 Å². The second-order valence-electron chi connectivity index (χ2n) is 4.49. The summed E-state index contributed by atoms with van der Waals surface area (Å²) in [6, 6.07) is 9.89. The average Bonchev–Trinajstić information content (AvgIpc) is 2.35. The Hall–Kier alpha value is -1.35. The minimum atomic E-state index is -0.771. The van der Waals surface area contributed by atoms with Crippen molar-refractivity contribution in [1.82, 2.24) is 0 Å². The molecule has 0 fully saturated rings. The molecular formula is C14H20O3. The van der Waals surface area contributed by atoms with Crippen LogP contribution in [0.25, 0.3) is 0 Å². The van der Waals surface area contributed by atoms with E-state index in [2.05, 4.69) is 0 Å². The van der Waals surface area contributed by atoms with Crippen molar-refractivity contribution in [2.45, 2.75) is 33.5 Å². The molecule has 0 spiro atoms. The van der Waals surface area contributed by atoms with E-state index in [9.17, 15) is 4.79 Å². The highest BCUT2D eigenvalue weighted by atomic mass is 16.5. The van der Waals surface area contributed by atoms with E-state index in [4.69, 9.17) is 9.84 Å². The number of ether oxygens (including phenoxy) is 1. The third kappa shape index (κ3) is 4.19. The van der Waals surface area contributed by atoms with E-state index >= 15 is 0 Å². The summed E-state index contributed by atoms with van der Waals surface area (Å²) in [5.74, 6) is -1.16. The van der Waals surface area contributed by atoms with E-state index in [1.165, 1.54) is 0 Å². The molecule has 17 heavy (non-hydrogen) atoms. The van der Waals surface area contributed by atoms with Gasteiger partial charge in [-0.2, -0.15) is 0 Å². The average molecular weight is 236 g/mol. The van der Waals surface area contributed by atoms with Crippen LogP contribution in [0.1, 0.15) is 26.3 Å². The molecular weight excluding hydrogens is 216 g/mol. The smallest absolute Gasteiger partial charge is 0.306 e. The van der Waals surface area contributed by atoms with Gasteiger partial charge in [0.1, 0.15) is 0 Å². The van der Waals surface area contributed by atoms with Gasteiger partial charge in [-0.15, -0.1) is 0 Å². The molecule has 1 aromatic carbocycles. The van der Waals surface area contributed by atoms with Crippen LogP contribution < -0.4 is 0 Å². The molecule has 1 N–H and O–H groups in total. The summed E-state index contributed by atoms with van der Waals surface area (Å²) in [4.78, 5) is 10.9. The number of carboxylic acid groups (broad SMARTS) is 1. The number of carbonyl (C=O) groups is 1. The lowest BCUT2D eigenvalue weighted by Gasteiger charge is -2.23. The number of hydrogen-bond acceptors (Lipinski definition) is 2. The summed E-state index contributed by atoms with van der Waals surface area (Å²) >= 11 is 0. The predicted molar refractivity (Wildman–Crippen MR) is 66.7 cm³/mol. The minimum Gasteiger partial charge on any atom is -0.481 e. The predicted octanol–water partition coefficient (Wildman–Crippen LogP) is 2.95. The van der Waals surface area contributed by atoms with Crippen LogP contribution in [0, 0.1) is 11.8 Å². The van der Waals surface area contributed by atoms with Gasteiger partial charge in [-0.25, -0.2) is 0 Å². The molecule has 0 saturated heterocycles. The number of carboxylic acids is 1. The van der Waals surface area contributed by atoms with Crippen molar-refractivity contribution in [3.63, 3.8) is 0 Å². The van der Waals surface area contributed by atoms with Crippen LogP contribution in [0.2, 0.25) is 0 Å². The van der Waals surface area contributed by atoms with Crippen molar-refractivity contribution < 1.29 is 14.6 Å². The molecule has 0 radical (unpaired) electrons. The number of benzene rings is 1. The molecule has 3 atom stereocenters. The zero-order valence-electron chi connectivity index (χ0n) is 10.6. The first-order chi connectivity index (χ1) is 8.02. The molecule has 0 aliphatic heterocycles. The third-order valence-corrected chi connectivity index (χ3v) is 3.27. The van der Waals surface area contributed by atoms with Gasteiger partial charge >= 0.3 is 5.97 Å². The van der Waals surface area contributed by atoms with Crippen molar-refractivity contribution in [2.24, 2.45) is 11.8 Å². The lowest BCUT2D eigenvalue weighted by molar-refractivity contribution is -0.145. The van der Waals surface area contributed by atoms with Gasteiger partial charge < -0.3 is 9.84 Å². The second kappa shape index (κ2) is 6.40. The zero-order valence-corrected chi connectivity index (χ0v) is 10.6. The van der Waals surface area contributed by atoms with Crippen LogP contribution >= 0.6 is 0 Å². The van der Waals surface area contributed by atoms with Gasteiger partial charge in [0.2, 0.25) is 0 Å². The Morgan fingerprint density at radius 3 is 2.35 bits per heavy atom. The van der Waals surface area contributed by atoms with Gasteiger partial charge in [0, 0.05) is 0 Å². The first-order valence-electron chi connectivity index (χ1n) is 5.90. The minimum absolute atomic E-state index is 0.00351. The Labute approximate surface area is 102 Å². The molecule has 1 aromatic rings. The van der Waals surface area contributed by atoms with Crippen LogP contribution in [0.3, 0.4) is 0 Å². The highest BCUT2D eigenvalue weighted by Gasteiger charge is 2.24. The number of aliphatic carboxylic acids is 1. The van der Waals surface area contributed by atoms with Crippen molar-refractivity contribution in [1.29, 1.82) is 0 Å². The van der Waals surface area contributed by atoms with E-state index in [1.54, 1.807) is 6.92 Å². The molecule has 0 aliphatic carbocycles. The fraction of sp³-hybridized carbons (Fsp3) is 0.500. The highest BCUT2D eigenvalue weighted by molar-refractivity contribution is 5.69. The Morgan fingerprint density at radius 2 is 1.82 bits per heavy atom. The maximum Gasteiger partial charge on any atom is 0.306 e. The van der Waals surface area contributed by atoms with Crippen LogP contribution in [0.5, 0.6) is 0 Å². The fourth-order valence-corrected chi connectivity index (χ4v) is 1.59. The summed E-state index contributed by atoms with van der Waals surface area (Å²) in [5.41, 5.74) is 1.11. The van der Waals surface area contributed by atoms with Crippen LogP contribution in [0.15, 0.2) is 30.3 Å². The van der Waals surface area contributed by atoms with E-state index in [1.807, 2.05) is 44.2 Å². The van der Waals surface area contributed by atoms with Gasteiger partial charge in [0.15, 0.2) is 0 Å². The monoisotopic (exact) mass is 236 g/mol. The SMILES string of the molecule is CC([C@H](C)OCc1ccccc1)[C@@H](C)C(=O)O. The van der Waals surface area contributed by atoms with Gasteiger partial charge in [-0.05, 0) is 18.4 Å². The Morgan fingerprint density at radius 1 is 1.24 bits per heavy atom. The molecule has 3 heteroatoms. The second-order valence-corrected chi connectivity index (χ2v) is 4.49. The number of hydrogen-bond donors (Lipinski definition) is 1. The van der Waals surface area contributed by atoms with Crippen molar-refractivity contribution in [2.75, 3.05) is 0 Å². The first kappa shape index (κ1) is 13.7. The molecule has 1 unspecified atom stereocenters.